The average Bonchev–Trinajstić information content (AvgIpc) is 2.71. The standard InChI is InChI=1S/C14H27N3O3/c1-7-17(14(3,4)12(18)19)13(20)16-8-10(2)11(9-16)15(5)6/h10-11H,7-9H2,1-6H3,(H,18,19). The Labute approximate surface area is 121 Å². The van der Waals surface area contributed by atoms with E-state index in [2.05, 4.69) is 11.8 Å². The number of carboxylic acid groups (broad SMARTS) is 1. The summed E-state index contributed by atoms with van der Waals surface area (Å²) in [6.45, 7) is 8.78. The fraction of sp³-hybridized carbons (Fsp3) is 0.857. The third-order valence-corrected chi connectivity index (χ3v) is 4.25. The normalized spacial score (nSPS) is 23.2. The van der Waals surface area contributed by atoms with E-state index in [4.69, 9.17) is 0 Å². The van der Waals surface area contributed by atoms with Gasteiger partial charge in [0.15, 0.2) is 0 Å². The lowest BCUT2D eigenvalue weighted by Gasteiger charge is -2.37. The Morgan fingerprint density at radius 1 is 1.30 bits per heavy atom. The number of carbonyl (C=O) groups excluding carboxylic acids is 1. The maximum atomic E-state index is 12.6. The molecule has 6 heteroatoms. The molecule has 1 rings (SSSR count). The number of aliphatic carboxylic acids is 1. The van der Waals surface area contributed by atoms with Gasteiger partial charge in [-0.3, -0.25) is 0 Å². The molecule has 0 saturated carbocycles. The first-order valence-electron chi connectivity index (χ1n) is 7.09. The highest BCUT2D eigenvalue weighted by atomic mass is 16.4. The second-order valence-electron chi connectivity index (χ2n) is 6.30. The maximum absolute atomic E-state index is 12.6. The van der Waals surface area contributed by atoms with Gasteiger partial charge in [0.1, 0.15) is 5.54 Å². The minimum atomic E-state index is -1.19. The van der Waals surface area contributed by atoms with Crippen molar-refractivity contribution in [3.63, 3.8) is 0 Å². The number of carboxylic acids is 1. The molecule has 1 saturated heterocycles. The Morgan fingerprint density at radius 3 is 2.20 bits per heavy atom. The molecule has 0 spiro atoms. The molecule has 0 aromatic rings. The number of rotatable bonds is 4. The lowest BCUT2D eigenvalue weighted by Crippen LogP contribution is -2.56. The Bertz CT molecular complexity index is 382. The van der Waals surface area contributed by atoms with Crippen molar-refractivity contribution in [3.05, 3.63) is 0 Å². The van der Waals surface area contributed by atoms with Crippen LogP contribution in [0.4, 0.5) is 4.79 Å². The highest BCUT2D eigenvalue weighted by Crippen LogP contribution is 2.24. The summed E-state index contributed by atoms with van der Waals surface area (Å²) >= 11 is 0. The number of likely N-dealkylation sites (N-methyl/N-ethyl adjacent to an activating group) is 2. The summed E-state index contributed by atoms with van der Waals surface area (Å²) in [4.78, 5) is 29.3. The van der Waals surface area contributed by atoms with E-state index in [-0.39, 0.29) is 6.03 Å². The van der Waals surface area contributed by atoms with E-state index >= 15 is 0 Å². The zero-order valence-electron chi connectivity index (χ0n) is 13.4. The van der Waals surface area contributed by atoms with Crippen molar-refractivity contribution in [2.24, 2.45) is 5.92 Å². The van der Waals surface area contributed by atoms with Crippen LogP contribution in [-0.2, 0) is 4.79 Å². The van der Waals surface area contributed by atoms with Crippen molar-refractivity contribution < 1.29 is 14.7 Å². The Kier molecular flexibility index (Phi) is 5.02. The quantitative estimate of drug-likeness (QED) is 0.842. The van der Waals surface area contributed by atoms with Crippen LogP contribution in [0.5, 0.6) is 0 Å². The number of urea groups is 1. The Hall–Kier alpha value is -1.30. The largest absolute Gasteiger partial charge is 0.480 e. The zero-order valence-corrected chi connectivity index (χ0v) is 13.4. The predicted molar refractivity (Wildman–Crippen MR) is 77.7 cm³/mol. The first-order chi connectivity index (χ1) is 9.12. The molecule has 2 unspecified atom stereocenters. The molecule has 20 heavy (non-hydrogen) atoms. The van der Waals surface area contributed by atoms with Crippen molar-refractivity contribution in [2.75, 3.05) is 33.7 Å². The molecule has 1 fully saturated rings. The van der Waals surface area contributed by atoms with E-state index in [1.165, 1.54) is 4.90 Å². The van der Waals surface area contributed by atoms with Gasteiger partial charge in [-0.2, -0.15) is 0 Å². The van der Waals surface area contributed by atoms with Gasteiger partial charge < -0.3 is 19.8 Å². The van der Waals surface area contributed by atoms with Crippen LogP contribution in [0, 0.1) is 5.92 Å². The van der Waals surface area contributed by atoms with Gasteiger partial charge in [-0.15, -0.1) is 0 Å². The van der Waals surface area contributed by atoms with Crippen LogP contribution in [0.25, 0.3) is 0 Å². The van der Waals surface area contributed by atoms with E-state index < -0.39 is 11.5 Å². The second-order valence-corrected chi connectivity index (χ2v) is 6.30. The second kappa shape index (κ2) is 5.99. The van der Waals surface area contributed by atoms with Crippen LogP contribution >= 0.6 is 0 Å². The van der Waals surface area contributed by atoms with E-state index in [1.54, 1.807) is 18.7 Å². The third kappa shape index (κ3) is 3.06. The summed E-state index contributed by atoms with van der Waals surface area (Å²) in [6.07, 6.45) is 0. The molecule has 6 nitrogen and oxygen atoms in total. The Balaban J connectivity index is 2.87. The number of nitrogens with zero attached hydrogens (tertiary/aromatic N) is 3. The van der Waals surface area contributed by atoms with Crippen LogP contribution in [0.1, 0.15) is 27.7 Å². The van der Waals surface area contributed by atoms with Gasteiger partial charge in [0, 0.05) is 25.7 Å². The minimum Gasteiger partial charge on any atom is -0.480 e. The number of hydrogen-bond acceptors (Lipinski definition) is 3. The number of hydrogen-bond donors (Lipinski definition) is 1. The van der Waals surface area contributed by atoms with Crippen molar-refractivity contribution in [1.29, 1.82) is 0 Å². The molecule has 0 bridgehead atoms. The van der Waals surface area contributed by atoms with Crippen molar-refractivity contribution in [2.45, 2.75) is 39.3 Å². The smallest absolute Gasteiger partial charge is 0.329 e. The molecule has 0 aromatic carbocycles. The Morgan fingerprint density at radius 2 is 1.85 bits per heavy atom. The van der Waals surface area contributed by atoms with Gasteiger partial charge in [-0.05, 0) is 40.8 Å². The number of carbonyl (C=O) groups is 2. The third-order valence-electron chi connectivity index (χ3n) is 4.25. The molecule has 0 aromatic heterocycles. The van der Waals surface area contributed by atoms with Gasteiger partial charge in [0.25, 0.3) is 0 Å². The van der Waals surface area contributed by atoms with E-state index in [0.717, 1.165) is 0 Å². The lowest BCUT2D eigenvalue weighted by atomic mass is 10.0. The van der Waals surface area contributed by atoms with E-state index in [0.29, 0.717) is 31.6 Å². The van der Waals surface area contributed by atoms with Gasteiger partial charge in [-0.1, -0.05) is 6.92 Å². The summed E-state index contributed by atoms with van der Waals surface area (Å²) < 4.78 is 0. The topological polar surface area (TPSA) is 64.1 Å². The predicted octanol–water partition coefficient (Wildman–Crippen LogP) is 1.17. The van der Waals surface area contributed by atoms with Crippen molar-refractivity contribution in [3.8, 4) is 0 Å². The summed E-state index contributed by atoms with van der Waals surface area (Å²) in [5.74, 6) is -0.593. The summed E-state index contributed by atoms with van der Waals surface area (Å²) in [5.41, 5.74) is -1.19. The average molecular weight is 285 g/mol. The summed E-state index contributed by atoms with van der Waals surface area (Å²) in [6, 6.07) is 0.140. The van der Waals surface area contributed by atoms with Crippen molar-refractivity contribution in [1.82, 2.24) is 14.7 Å². The first kappa shape index (κ1) is 16.8. The van der Waals surface area contributed by atoms with Gasteiger partial charge in [-0.25, -0.2) is 9.59 Å². The summed E-state index contributed by atoms with van der Waals surface area (Å²) in [5, 5.41) is 9.31. The molecule has 0 radical (unpaired) electrons. The number of likely N-dealkylation sites (tertiary alicyclic amines) is 1. The highest BCUT2D eigenvalue weighted by Gasteiger charge is 2.42. The molecule has 1 aliphatic heterocycles. The zero-order chi connectivity index (χ0) is 15.7. The first-order valence-corrected chi connectivity index (χ1v) is 7.09. The molecule has 1 aliphatic rings. The van der Waals surface area contributed by atoms with Gasteiger partial charge in [0.2, 0.25) is 0 Å². The molecule has 116 valence electrons. The molecule has 1 N–H and O–H groups in total. The monoisotopic (exact) mass is 285 g/mol. The van der Waals surface area contributed by atoms with Gasteiger partial charge >= 0.3 is 12.0 Å². The van der Waals surface area contributed by atoms with E-state index in [9.17, 15) is 14.7 Å². The van der Waals surface area contributed by atoms with Crippen LogP contribution in [0.3, 0.4) is 0 Å². The molecule has 2 amide bonds. The lowest BCUT2D eigenvalue weighted by molar-refractivity contribution is -0.147. The van der Waals surface area contributed by atoms with Crippen molar-refractivity contribution >= 4 is 12.0 Å². The van der Waals surface area contributed by atoms with Gasteiger partial charge in [0.05, 0.1) is 0 Å². The van der Waals surface area contributed by atoms with Crippen LogP contribution in [0.15, 0.2) is 0 Å². The molecule has 2 atom stereocenters. The molecular formula is C14H27N3O3. The fourth-order valence-corrected chi connectivity index (χ4v) is 2.83. The molecule has 1 heterocycles. The minimum absolute atomic E-state index is 0.184. The van der Waals surface area contributed by atoms with Crippen LogP contribution in [-0.4, -0.2) is 77.1 Å². The highest BCUT2D eigenvalue weighted by molar-refractivity contribution is 5.85. The maximum Gasteiger partial charge on any atom is 0.329 e. The fourth-order valence-electron chi connectivity index (χ4n) is 2.83. The van der Waals surface area contributed by atoms with Crippen LogP contribution < -0.4 is 0 Å². The molecule has 0 aliphatic carbocycles. The summed E-state index contributed by atoms with van der Waals surface area (Å²) in [7, 11) is 4.02. The molecular weight excluding hydrogens is 258 g/mol. The van der Waals surface area contributed by atoms with E-state index in [1.807, 2.05) is 21.0 Å². The number of amides is 2. The SMILES string of the molecule is CCN(C(=O)N1CC(C)C(N(C)C)C1)C(C)(C)C(=O)O. The van der Waals surface area contributed by atoms with Crippen LogP contribution in [0.2, 0.25) is 0 Å².